The number of piperidine rings is 1. The van der Waals surface area contributed by atoms with Crippen molar-refractivity contribution in [1.82, 2.24) is 9.88 Å². The van der Waals surface area contributed by atoms with Crippen molar-refractivity contribution < 1.29 is 18.3 Å². The summed E-state index contributed by atoms with van der Waals surface area (Å²) in [5.74, 6) is 0.107. The molecule has 1 saturated heterocycles. The Bertz CT molecular complexity index is 614. The number of hydrogen-bond donors (Lipinski definition) is 2. The summed E-state index contributed by atoms with van der Waals surface area (Å²) < 4.78 is 24.5. The fourth-order valence-electron chi connectivity index (χ4n) is 2.14. The highest BCUT2D eigenvalue weighted by Gasteiger charge is 2.27. The average Bonchev–Trinajstić information content (AvgIpc) is 2.77. The Morgan fingerprint density at radius 3 is 2.95 bits per heavy atom. The molecule has 1 aliphatic heterocycles. The van der Waals surface area contributed by atoms with E-state index in [4.69, 9.17) is 0 Å². The number of carbonyl (C=O) groups is 1. The monoisotopic (exact) mass is 333 g/mol. The van der Waals surface area contributed by atoms with Gasteiger partial charge in [0.05, 0.1) is 24.5 Å². The Morgan fingerprint density at radius 2 is 2.33 bits per heavy atom. The number of nitrogens with one attached hydrogen (secondary N) is 1. The maximum Gasteiger partial charge on any atom is 0.231 e. The highest BCUT2D eigenvalue weighted by atomic mass is 32.2. The predicted molar refractivity (Wildman–Crippen MR) is 80.7 cm³/mol. The zero-order chi connectivity index (χ0) is 15.6. The number of thiazole rings is 1. The number of likely N-dealkylation sites (tertiary alicyclic amines) is 1. The third-order valence-electron chi connectivity index (χ3n) is 3.43. The average molecular weight is 333 g/mol. The summed E-state index contributed by atoms with van der Waals surface area (Å²) in [4.78, 5) is 17.9. The van der Waals surface area contributed by atoms with Gasteiger partial charge < -0.3 is 10.0 Å². The van der Waals surface area contributed by atoms with Gasteiger partial charge in [-0.05, 0) is 12.3 Å². The van der Waals surface area contributed by atoms with Crippen LogP contribution in [0.2, 0.25) is 0 Å². The first-order valence-corrected chi connectivity index (χ1v) is 9.40. The Labute approximate surface area is 128 Å². The zero-order valence-corrected chi connectivity index (χ0v) is 13.6. The first-order valence-electron chi connectivity index (χ1n) is 6.62. The molecule has 2 unspecified atom stereocenters. The highest BCUT2D eigenvalue weighted by molar-refractivity contribution is 7.92. The molecular weight excluding hydrogens is 314 g/mol. The van der Waals surface area contributed by atoms with Crippen LogP contribution >= 0.6 is 11.3 Å². The van der Waals surface area contributed by atoms with Gasteiger partial charge in [-0.25, -0.2) is 13.4 Å². The van der Waals surface area contributed by atoms with Gasteiger partial charge in [0.1, 0.15) is 0 Å². The Balaban J connectivity index is 1.94. The summed E-state index contributed by atoms with van der Waals surface area (Å²) in [6.07, 6.45) is 1.46. The zero-order valence-electron chi connectivity index (χ0n) is 11.9. The van der Waals surface area contributed by atoms with E-state index < -0.39 is 16.1 Å². The van der Waals surface area contributed by atoms with Gasteiger partial charge in [-0.2, -0.15) is 0 Å². The van der Waals surface area contributed by atoms with Gasteiger partial charge in [0.2, 0.25) is 15.9 Å². The highest BCUT2D eigenvalue weighted by Crippen LogP contribution is 2.20. The van der Waals surface area contributed by atoms with Crippen molar-refractivity contribution in [1.29, 1.82) is 0 Å². The third-order valence-corrected chi connectivity index (χ3v) is 4.93. The molecule has 2 rings (SSSR count). The second kappa shape index (κ2) is 6.29. The molecule has 118 valence electrons. The molecule has 0 aliphatic carbocycles. The molecule has 0 aromatic carbocycles. The minimum absolute atomic E-state index is 0.0999. The number of carbonyl (C=O) groups excluding carboxylic acids is 1. The fourth-order valence-corrected chi connectivity index (χ4v) is 3.70. The number of hydrogen-bond acceptors (Lipinski definition) is 6. The van der Waals surface area contributed by atoms with Crippen LogP contribution in [0.25, 0.3) is 0 Å². The van der Waals surface area contributed by atoms with E-state index in [-0.39, 0.29) is 23.4 Å². The fraction of sp³-hybridized carbons (Fsp3) is 0.667. The van der Waals surface area contributed by atoms with Crippen molar-refractivity contribution in [2.45, 2.75) is 25.9 Å². The van der Waals surface area contributed by atoms with Crippen LogP contribution in [0.15, 0.2) is 5.38 Å². The van der Waals surface area contributed by atoms with E-state index in [0.717, 1.165) is 24.0 Å². The van der Waals surface area contributed by atoms with E-state index >= 15 is 0 Å². The summed E-state index contributed by atoms with van der Waals surface area (Å²) in [5.41, 5.74) is 0.532. The Kier molecular flexibility index (Phi) is 4.84. The minimum Gasteiger partial charge on any atom is -0.391 e. The van der Waals surface area contributed by atoms with E-state index in [0.29, 0.717) is 18.8 Å². The third kappa shape index (κ3) is 4.65. The van der Waals surface area contributed by atoms with Gasteiger partial charge in [-0.1, -0.05) is 6.92 Å². The number of anilines is 1. The molecule has 2 N–H and O–H groups in total. The smallest absolute Gasteiger partial charge is 0.231 e. The van der Waals surface area contributed by atoms with Crippen LogP contribution in [-0.2, 0) is 21.2 Å². The molecule has 1 fully saturated rings. The van der Waals surface area contributed by atoms with E-state index in [1.165, 1.54) is 0 Å². The number of aromatic nitrogens is 1. The topological polar surface area (TPSA) is 99.6 Å². The molecule has 21 heavy (non-hydrogen) atoms. The minimum atomic E-state index is -3.36. The molecule has 9 heteroatoms. The van der Waals surface area contributed by atoms with E-state index in [1.807, 2.05) is 6.92 Å². The lowest BCUT2D eigenvalue weighted by Crippen LogP contribution is -2.46. The van der Waals surface area contributed by atoms with Crippen molar-refractivity contribution in [2.75, 3.05) is 24.1 Å². The number of rotatable bonds is 4. The normalized spacial score (nSPS) is 23.1. The number of sulfonamides is 1. The van der Waals surface area contributed by atoms with Crippen LogP contribution in [-0.4, -0.2) is 54.8 Å². The quantitative estimate of drug-likeness (QED) is 0.825. The predicted octanol–water partition coefficient (Wildman–Crippen LogP) is 0.286. The summed E-state index contributed by atoms with van der Waals surface area (Å²) in [6, 6.07) is 0. The lowest BCUT2D eigenvalue weighted by Gasteiger charge is -2.34. The second-order valence-corrected chi connectivity index (χ2v) is 7.97. The van der Waals surface area contributed by atoms with Crippen molar-refractivity contribution in [2.24, 2.45) is 5.92 Å². The summed E-state index contributed by atoms with van der Waals surface area (Å²) >= 11 is 1.14. The molecule has 1 amide bonds. The number of β-amino-alcohol motifs (C(OH)–C–C–N with tert-alkyl or cyclic N) is 1. The van der Waals surface area contributed by atoms with E-state index in [2.05, 4.69) is 9.71 Å². The van der Waals surface area contributed by atoms with Gasteiger partial charge in [0.25, 0.3) is 0 Å². The van der Waals surface area contributed by atoms with Gasteiger partial charge in [0, 0.05) is 18.5 Å². The van der Waals surface area contributed by atoms with Gasteiger partial charge >= 0.3 is 0 Å². The number of amides is 1. The van der Waals surface area contributed by atoms with Crippen LogP contribution in [0.4, 0.5) is 5.13 Å². The second-order valence-electron chi connectivity index (χ2n) is 5.37. The Hall–Kier alpha value is -1.19. The van der Waals surface area contributed by atoms with Crippen LogP contribution in [0, 0.1) is 5.92 Å². The largest absolute Gasteiger partial charge is 0.391 e. The number of nitrogens with zero attached hydrogens (tertiary/aromatic N) is 2. The van der Waals surface area contributed by atoms with E-state index in [1.54, 1.807) is 10.3 Å². The molecule has 0 bridgehead atoms. The molecule has 7 nitrogen and oxygen atoms in total. The standard InChI is InChI=1S/C12H19N3O4S2/c1-8-3-4-15(6-10(8)16)11(17)5-9-7-20-12(13-9)14-21(2,18)19/h7-8,10,16H,3-6H2,1-2H3,(H,13,14). The maximum atomic E-state index is 12.2. The van der Waals surface area contributed by atoms with Gasteiger partial charge in [0.15, 0.2) is 5.13 Å². The van der Waals surface area contributed by atoms with E-state index in [9.17, 15) is 18.3 Å². The molecule has 1 aromatic heterocycles. The molecule has 1 aromatic rings. The van der Waals surface area contributed by atoms with Crippen molar-refractivity contribution >= 4 is 32.4 Å². The molecule has 0 saturated carbocycles. The lowest BCUT2D eigenvalue weighted by atomic mass is 9.96. The molecule has 2 atom stereocenters. The summed E-state index contributed by atoms with van der Waals surface area (Å²) in [5, 5.41) is 11.7. The van der Waals surface area contributed by atoms with Gasteiger partial charge in [-0.15, -0.1) is 11.3 Å². The van der Waals surface area contributed by atoms with Gasteiger partial charge in [-0.3, -0.25) is 9.52 Å². The first kappa shape index (κ1) is 16.2. The molecule has 1 aliphatic rings. The summed E-state index contributed by atoms with van der Waals surface area (Å²) in [7, 11) is -3.36. The first-order chi connectivity index (χ1) is 9.74. The SMILES string of the molecule is CC1CCN(C(=O)Cc2csc(NS(C)(=O)=O)n2)CC1O. The van der Waals surface area contributed by atoms with Crippen LogP contribution in [0.1, 0.15) is 19.0 Å². The molecular formula is C12H19N3O4S2. The molecule has 2 heterocycles. The van der Waals surface area contributed by atoms with Crippen molar-refractivity contribution in [3.8, 4) is 0 Å². The maximum absolute atomic E-state index is 12.2. The van der Waals surface area contributed by atoms with Crippen molar-refractivity contribution in [3.05, 3.63) is 11.1 Å². The number of aliphatic hydroxyl groups excluding tert-OH is 1. The van der Waals surface area contributed by atoms with Crippen LogP contribution < -0.4 is 4.72 Å². The lowest BCUT2D eigenvalue weighted by molar-refractivity contribution is -0.134. The van der Waals surface area contributed by atoms with Crippen LogP contribution in [0.5, 0.6) is 0 Å². The van der Waals surface area contributed by atoms with Crippen LogP contribution in [0.3, 0.4) is 0 Å². The van der Waals surface area contributed by atoms with Crippen molar-refractivity contribution in [3.63, 3.8) is 0 Å². The number of aliphatic hydroxyl groups is 1. The molecule has 0 spiro atoms. The molecule has 0 radical (unpaired) electrons. The Morgan fingerprint density at radius 1 is 1.62 bits per heavy atom. The summed E-state index contributed by atoms with van der Waals surface area (Å²) in [6.45, 7) is 2.95.